The van der Waals surface area contributed by atoms with Gasteiger partial charge in [0, 0.05) is 19.8 Å². The molecular formula is C14H25NO3. The van der Waals surface area contributed by atoms with Crippen molar-refractivity contribution >= 4 is 5.97 Å². The van der Waals surface area contributed by atoms with Crippen LogP contribution < -0.4 is 5.73 Å². The van der Waals surface area contributed by atoms with Crippen molar-refractivity contribution in [3.63, 3.8) is 0 Å². The molecule has 0 aromatic heterocycles. The second kappa shape index (κ2) is 6.02. The van der Waals surface area contributed by atoms with Gasteiger partial charge < -0.3 is 15.2 Å². The van der Waals surface area contributed by atoms with E-state index in [-0.39, 0.29) is 12.1 Å². The van der Waals surface area contributed by atoms with Gasteiger partial charge in [-0.25, -0.2) is 0 Å². The fraction of sp³-hybridized carbons (Fsp3) is 0.929. The van der Waals surface area contributed by atoms with Gasteiger partial charge in [0.2, 0.25) is 0 Å². The maximum Gasteiger partial charge on any atom is 0.313 e. The molecule has 2 fully saturated rings. The molecule has 1 saturated heterocycles. The van der Waals surface area contributed by atoms with Crippen molar-refractivity contribution in [2.45, 2.75) is 51.6 Å². The zero-order valence-electron chi connectivity index (χ0n) is 11.3. The van der Waals surface area contributed by atoms with Crippen molar-refractivity contribution < 1.29 is 14.3 Å². The van der Waals surface area contributed by atoms with E-state index in [1.165, 1.54) is 12.8 Å². The Hall–Kier alpha value is -0.610. The molecule has 0 aromatic carbocycles. The lowest BCUT2D eigenvalue weighted by molar-refractivity contribution is -0.170. The fourth-order valence-electron chi connectivity index (χ4n) is 2.97. The van der Waals surface area contributed by atoms with Crippen LogP contribution in [0.2, 0.25) is 0 Å². The number of ether oxygens (including phenoxy) is 2. The Labute approximate surface area is 109 Å². The van der Waals surface area contributed by atoms with Gasteiger partial charge in [0.25, 0.3) is 0 Å². The lowest BCUT2D eigenvalue weighted by atomic mass is 9.80. The van der Waals surface area contributed by atoms with Crippen molar-refractivity contribution in [1.82, 2.24) is 0 Å². The Morgan fingerprint density at radius 3 is 2.61 bits per heavy atom. The van der Waals surface area contributed by atoms with Crippen LogP contribution in [0.15, 0.2) is 0 Å². The molecule has 2 N–H and O–H groups in total. The summed E-state index contributed by atoms with van der Waals surface area (Å²) < 4.78 is 11.1. The second-order valence-electron chi connectivity index (χ2n) is 5.80. The Morgan fingerprint density at radius 2 is 2.00 bits per heavy atom. The van der Waals surface area contributed by atoms with E-state index in [9.17, 15) is 4.79 Å². The largest absolute Gasteiger partial charge is 0.462 e. The summed E-state index contributed by atoms with van der Waals surface area (Å²) in [5, 5.41) is 0. The first-order chi connectivity index (χ1) is 8.68. The third-order valence-corrected chi connectivity index (χ3v) is 4.56. The summed E-state index contributed by atoms with van der Waals surface area (Å²) in [6, 6.07) is 0. The second-order valence-corrected chi connectivity index (χ2v) is 5.80. The first-order valence-corrected chi connectivity index (χ1v) is 7.17. The van der Waals surface area contributed by atoms with Crippen molar-refractivity contribution in [2.75, 3.05) is 19.8 Å². The molecule has 1 aliphatic heterocycles. The van der Waals surface area contributed by atoms with E-state index in [4.69, 9.17) is 15.2 Å². The van der Waals surface area contributed by atoms with Crippen LogP contribution in [0, 0.1) is 11.3 Å². The minimum Gasteiger partial charge on any atom is -0.462 e. The molecule has 2 rings (SSSR count). The summed E-state index contributed by atoms with van der Waals surface area (Å²) in [5.74, 6) is 0.393. The van der Waals surface area contributed by atoms with E-state index in [1.54, 1.807) is 0 Å². The molecule has 4 heteroatoms. The molecule has 0 aromatic rings. The van der Waals surface area contributed by atoms with Crippen molar-refractivity contribution in [3.8, 4) is 0 Å². The van der Waals surface area contributed by atoms with Crippen molar-refractivity contribution in [1.29, 1.82) is 0 Å². The van der Waals surface area contributed by atoms with Crippen LogP contribution in [0.4, 0.5) is 0 Å². The summed E-state index contributed by atoms with van der Waals surface area (Å²) in [6.45, 7) is 3.78. The molecule has 1 aliphatic carbocycles. The van der Waals surface area contributed by atoms with E-state index in [0.29, 0.717) is 38.5 Å². The van der Waals surface area contributed by atoms with Gasteiger partial charge >= 0.3 is 5.97 Å². The van der Waals surface area contributed by atoms with Gasteiger partial charge in [0.15, 0.2) is 0 Å². The molecule has 2 aliphatic rings. The SMILES string of the molecule is CC1CCCCC1OC(=O)C1(CN)CCOCC1. The third kappa shape index (κ3) is 2.86. The topological polar surface area (TPSA) is 61.5 Å². The Bertz CT molecular complexity index is 287. The van der Waals surface area contributed by atoms with Gasteiger partial charge in [-0.2, -0.15) is 0 Å². The Balaban J connectivity index is 1.96. The van der Waals surface area contributed by atoms with Crippen LogP contribution in [-0.4, -0.2) is 31.8 Å². The van der Waals surface area contributed by atoms with Gasteiger partial charge in [-0.15, -0.1) is 0 Å². The minimum atomic E-state index is -0.491. The lowest BCUT2D eigenvalue weighted by Crippen LogP contribution is -2.46. The summed E-state index contributed by atoms with van der Waals surface area (Å²) in [6.07, 6.45) is 6.08. The maximum atomic E-state index is 12.4. The molecule has 0 bridgehead atoms. The highest BCUT2D eigenvalue weighted by molar-refractivity contribution is 5.77. The van der Waals surface area contributed by atoms with Gasteiger partial charge in [-0.1, -0.05) is 13.3 Å². The molecule has 0 amide bonds. The Morgan fingerprint density at radius 1 is 1.33 bits per heavy atom. The van der Waals surface area contributed by atoms with Gasteiger partial charge in [-0.3, -0.25) is 4.79 Å². The smallest absolute Gasteiger partial charge is 0.313 e. The quantitative estimate of drug-likeness (QED) is 0.782. The van der Waals surface area contributed by atoms with Crippen LogP contribution >= 0.6 is 0 Å². The fourth-order valence-corrected chi connectivity index (χ4v) is 2.97. The number of carbonyl (C=O) groups is 1. The molecule has 18 heavy (non-hydrogen) atoms. The molecule has 4 nitrogen and oxygen atoms in total. The van der Waals surface area contributed by atoms with Crippen LogP contribution in [-0.2, 0) is 14.3 Å². The number of rotatable bonds is 3. The standard InChI is InChI=1S/C14H25NO3/c1-11-4-2-3-5-12(11)18-13(16)14(10-15)6-8-17-9-7-14/h11-12H,2-10,15H2,1H3. The van der Waals surface area contributed by atoms with Crippen molar-refractivity contribution in [3.05, 3.63) is 0 Å². The minimum absolute atomic E-state index is 0.0907. The molecule has 0 spiro atoms. The van der Waals surface area contributed by atoms with E-state index >= 15 is 0 Å². The van der Waals surface area contributed by atoms with Gasteiger partial charge in [0.05, 0.1) is 5.41 Å². The third-order valence-electron chi connectivity index (χ3n) is 4.56. The van der Waals surface area contributed by atoms with Crippen LogP contribution in [0.3, 0.4) is 0 Å². The van der Waals surface area contributed by atoms with Crippen molar-refractivity contribution in [2.24, 2.45) is 17.1 Å². The predicted octanol–water partition coefficient (Wildman–Crippen LogP) is 1.86. The summed E-state index contributed by atoms with van der Waals surface area (Å²) >= 11 is 0. The zero-order valence-corrected chi connectivity index (χ0v) is 11.3. The molecule has 2 atom stereocenters. The maximum absolute atomic E-state index is 12.4. The van der Waals surface area contributed by atoms with Gasteiger partial charge in [-0.05, 0) is 38.0 Å². The summed E-state index contributed by atoms with van der Waals surface area (Å²) in [4.78, 5) is 12.4. The van der Waals surface area contributed by atoms with E-state index in [2.05, 4.69) is 6.92 Å². The highest BCUT2D eigenvalue weighted by Gasteiger charge is 2.42. The lowest BCUT2D eigenvalue weighted by Gasteiger charge is -2.37. The van der Waals surface area contributed by atoms with Crippen LogP contribution in [0.25, 0.3) is 0 Å². The van der Waals surface area contributed by atoms with E-state index in [1.807, 2.05) is 0 Å². The number of hydrogen-bond acceptors (Lipinski definition) is 4. The first kappa shape index (κ1) is 13.8. The molecule has 104 valence electrons. The number of esters is 1. The number of carbonyl (C=O) groups excluding carboxylic acids is 1. The Kier molecular flexibility index (Phi) is 4.62. The summed E-state index contributed by atoms with van der Waals surface area (Å²) in [5.41, 5.74) is 5.33. The monoisotopic (exact) mass is 255 g/mol. The molecule has 0 radical (unpaired) electrons. The van der Waals surface area contributed by atoms with Crippen LogP contribution in [0.5, 0.6) is 0 Å². The zero-order chi connectivity index (χ0) is 13.0. The predicted molar refractivity (Wildman–Crippen MR) is 69.1 cm³/mol. The highest BCUT2D eigenvalue weighted by Crippen LogP contribution is 2.34. The first-order valence-electron chi connectivity index (χ1n) is 7.17. The summed E-state index contributed by atoms with van der Waals surface area (Å²) in [7, 11) is 0. The average molecular weight is 255 g/mol. The normalized spacial score (nSPS) is 31.9. The average Bonchev–Trinajstić information content (AvgIpc) is 2.42. The van der Waals surface area contributed by atoms with E-state index in [0.717, 1.165) is 12.8 Å². The molecular weight excluding hydrogens is 230 g/mol. The highest BCUT2D eigenvalue weighted by atomic mass is 16.5. The number of hydrogen-bond donors (Lipinski definition) is 1. The molecule has 1 heterocycles. The van der Waals surface area contributed by atoms with E-state index < -0.39 is 5.41 Å². The molecule has 2 unspecified atom stereocenters. The molecule has 1 saturated carbocycles. The van der Waals surface area contributed by atoms with Crippen LogP contribution in [0.1, 0.15) is 45.4 Å². The number of nitrogens with two attached hydrogens (primary N) is 1. The van der Waals surface area contributed by atoms with Gasteiger partial charge in [0.1, 0.15) is 6.10 Å².